The Morgan fingerprint density at radius 1 is 1.09 bits per heavy atom. The number of benzene rings is 1. The predicted molar refractivity (Wildman–Crippen MR) is 129 cm³/mol. The third-order valence-electron chi connectivity index (χ3n) is 7.22. The zero-order valence-corrected chi connectivity index (χ0v) is 20.8. The molecular weight excluding hydrogens is 472 g/mol. The molecule has 35 heavy (non-hydrogen) atoms. The highest BCUT2D eigenvalue weighted by Gasteiger charge is 2.53. The lowest BCUT2D eigenvalue weighted by Crippen LogP contribution is -2.34. The molecule has 0 aromatic heterocycles. The average molecular weight is 507 g/mol. The van der Waals surface area contributed by atoms with Crippen LogP contribution in [0.15, 0.2) is 36.1 Å². The molecule has 0 spiro atoms. The first-order valence-corrected chi connectivity index (χ1v) is 13.4. The first kappa shape index (κ1) is 24.9. The highest BCUT2D eigenvalue weighted by Crippen LogP contribution is 2.47. The molecular formula is C27H35ClO7. The zero-order chi connectivity index (χ0) is 24.0. The Bertz CT molecular complexity index is 878. The van der Waals surface area contributed by atoms with Crippen LogP contribution in [0.3, 0.4) is 0 Å². The Kier molecular flexibility index (Phi) is 8.50. The number of fused-ring (bicyclic) bond motifs is 1. The van der Waals surface area contributed by atoms with Crippen LogP contribution >= 0.6 is 11.6 Å². The van der Waals surface area contributed by atoms with Crippen molar-refractivity contribution in [2.75, 3.05) is 19.8 Å². The van der Waals surface area contributed by atoms with Gasteiger partial charge in [-0.15, -0.1) is 0 Å². The summed E-state index contributed by atoms with van der Waals surface area (Å²) in [5, 5.41) is 0.643. The lowest BCUT2D eigenvalue weighted by molar-refractivity contribution is -0.201. The number of ether oxygens (including phenoxy) is 6. The second kappa shape index (κ2) is 12.0. The van der Waals surface area contributed by atoms with E-state index in [0.717, 1.165) is 56.6 Å². The van der Waals surface area contributed by atoms with E-state index in [2.05, 4.69) is 6.08 Å². The smallest absolute Gasteiger partial charge is 0.306 e. The number of carbonyl (C=O) groups excluding carboxylic acids is 1. The SMILES string of the molecule is O=C1C[C@H]2[C@H](/C(=C\CCOc3cccc(Cl)c3)OC3CCCCO3)[C@H](OC3CCCCO3)C[C@H]2O1. The molecule has 3 heterocycles. The summed E-state index contributed by atoms with van der Waals surface area (Å²) in [5.41, 5.74) is 0. The zero-order valence-electron chi connectivity index (χ0n) is 20.1. The summed E-state index contributed by atoms with van der Waals surface area (Å²) >= 11 is 6.07. The summed E-state index contributed by atoms with van der Waals surface area (Å²) in [7, 11) is 0. The van der Waals surface area contributed by atoms with Crippen molar-refractivity contribution in [3.8, 4) is 5.75 Å². The third kappa shape index (κ3) is 6.50. The predicted octanol–water partition coefficient (Wildman–Crippen LogP) is 5.40. The van der Waals surface area contributed by atoms with E-state index in [9.17, 15) is 4.79 Å². The number of rotatable bonds is 9. The second-order valence-electron chi connectivity index (χ2n) is 9.74. The van der Waals surface area contributed by atoms with Gasteiger partial charge in [-0.1, -0.05) is 17.7 Å². The second-order valence-corrected chi connectivity index (χ2v) is 10.2. The normalized spacial score (nSPS) is 33.3. The van der Waals surface area contributed by atoms with Gasteiger partial charge in [-0.05, 0) is 56.4 Å². The molecule has 2 unspecified atom stereocenters. The molecule has 0 amide bonds. The van der Waals surface area contributed by atoms with Crippen molar-refractivity contribution < 1.29 is 33.2 Å². The van der Waals surface area contributed by atoms with E-state index in [1.165, 1.54) is 0 Å². The topological polar surface area (TPSA) is 72.5 Å². The molecule has 1 aliphatic carbocycles. The Hall–Kier alpha value is -1.80. The fourth-order valence-electron chi connectivity index (χ4n) is 5.56. The monoisotopic (exact) mass is 506 g/mol. The number of carbonyl (C=O) groups is 1. The quantitative estimate of drug-likeness (QED) is 0.252. The summed E-state index contributed by atoms with van der Waals surface area (Å²) in [6, 6.07) is 7.38. The number of hydrogen-bond donors (Lipinski definition) is 0. The molecule has 4 fully saturated rings. The Labute approximate surface area is 212 Å². The summed E-state index contributed by atoms with van der Waals surface area (Å²) in [6.07, 6.45) is 9.00. The van der Waals surface area contributed by atoms with Crippen LogP contribution in [0.25, 0.3) is 0 Å². The molecule has 1 aromatic rings. The van der Waals surface area contributed by atoms with Gasteiger partial charge in [0.2, 0.25) is 0 Å². The molecule has 0 bridgehead atoms. The molecule has 8 heteroatoms. The van der Waals surface area contributed by atoms with Crippen LogP contribution in [0.1, 0.15) is 57.8 Å². The first-order valence-electron chi connectivity index (χ1n) is 13.0. The number of hydrogen-bond acceptors (Lipinski definition) is 7. The van der Waals surface area contributed by atoms with Gasteiger partial charge in [0.15, 0.2) is 12.6 Å². The van der Waals surface area contributed by atoms with Crippen molar-refractivity contribution in [1.29, 1.82) is 0 Å². The van der Waals surface area contributed by atoms with Crippen LogP contribution in [0.2, 0.25) is 5.02 Å². The molecule has 0 N–H and O–H groups in total. The van der Waals surface area contributed by atoms with E-state index in [1.807, 2.05) is 18.2 Å². The Morgan fingerprint density at radius 3 is 2.63 bits per heavy atom. The van der Waals surface area contributed by atoms with Crippen LogP contribution in [0.5, 0.6) is 5.75 Å². The molecule has 1 aromatic carbocycles. The summed E-state index contributed by atoms with van der Waals surface area (Å²) in [6.45, 7) is 1.90. The minimum Gasteiger partial charge on any atom is -0.493 e. The van der Waals surface area contributed by atoms with Gasteiger partial charge in [-0.25, -0.2) is 0 Å². The maximum Gasteiger partial charge on any atom is 0.306 e. The van der Waals surface area contributed by atoms with E-state index < -0.39 is 0 Å². The third-order valence-corrected chi connectivity index (χ3v) is 7.45. The van der Waals surface area contributed by atoms with Crippen molar-refractivity contribution in [1.82, 2.24) is 0 Å². The highest BCUT2D eigenvalue weighted by atomic mass is 35.5. The Morgan fingerprint density at radius 2 is 1.89 bits per heavy atom. The van der Waals surface area contributed by atoms with Crippen LogP contribution in [0, 0.1) is 11.8 Å². The van der Waals surface area contributed by atoms with Gasteiger partial charge in [-0.3, -0.25) is 4.79 Å². The van der Waals surface area contributed by atoms with Crippen molar-refractivity contribution in [3.05, 3.63) is 41.1 Å². The first-order chi connectivity index (χ1) is 17.2. The van der Waals surface area contributed by atoms with Crippen molar-refractivity contribution in [2.45, 2.75) is 82.6 Å². The van der Waals surface area contributed by atoms with Crippen molar-refractivity contribution in [2.24, 2.45) is 11.8 Å². The molecule has 3 saturated heterocycles. The van der Waals surface area contributed by atoms with Crippen LogP contribution in [-0.2, 0) is 28.5 Å². The maximum absolute atomic E-state index is 12.2. The molecule has 0 radical (unpaired) electrons. The van der Waals surface area contributed by atoms with Crippen molar-refractivity contribution >= 4 is 17.6 Å². The molecule has 3 aliphatic heterocycles. The van der Waals surface area contributed by atoms with Gasteiger partial charge in [0.1, 0.15) is 17.6 Å². The summed E-state index contributed by atoms with van der Waals surface area (Å²) in [5.74, 6) is 1.34. The molecule has 6 atom stereocenters. The molecule has 5 rings (SSSR count). The van der Waals surface area contributed by atoms with Crippen LogP contribution < -0.4 is 4.74 Å². The fourth-order valence-corrected chi connectivity index (χ4v) is 5.74. The van der Waals surface area contributed by atoms with Gasteiger partial charge in [0.25, 0.3) is 0 Å². The van der Waals surface area contributed by atoms with E-state index in [-0.39, 0.29) is 42.6 Å². The van der Waals surface area contributed by atoms with Gasteiger partial charge in [0, 0.05) is 42.7 Å². The molecule has 192 valence electrons. The van der Waals surface area contributed by atoms with Gasteiger partial charge in [-0.2, -0.15) is 0 Å². The van der Waals surface area contributed by atoms with Crippen LogP contribution in [0.4, 0.5) is 0 Å². The minimum absolute atomic E-state index is 0.0276. The molecule has 1 saturated carbocycles. The lowest BCUT2D eigenvalue weighted by Gasteiger charge is -2.33. The summed E-state index contributed by atoms with van der Waals surface area (Å²) in [4.78, 5) is 12.2. The highest BCUT2D eigenvalue weighted by molar-refractivity contribution is 6.30. The maximum atomic E-state index is 12.2. The molecule has 7 nitrogen and oxygen atoms in total. The number of esters is 1. The standard InChI is InChI=1S/C27H35ClO7/c28-18-7-5-8-19(15-18)30-14-6-9-21(34-25-10-1-3-12-31-25)27-20-16-24(29)33-22(20)17-23(27)35-26-11-2-4-13-32-26/h5,7-9,15,20,22-23,25-27H,1-4,6,10-14,16-17H2/b21-9+/t20-,22-,23-,25?,26?,27-/m1/s1. The summed E-state index contributed by atoms with van der Waals surface area (Å²) < 4.78 is 36.3. The van der Waals surface area contributed by atoms with E-state index >= 15 is 0 Å². The van der Waals surface area contributed by atoms with E-state index in [1.54, 1.807) is 6.07 Å². The average Bonchev–Trinajstić information content (AvgIpc) is 3.37. The van der Waals surface area contributed by atoms with Gasteiger partial charge in [0.05, 0.1) is 25.7 Å². The fraction of sp³-hybridized carbons (Fsp3) is 0.667. The van der Waals surface area contributed by atoms with Crippen molar-refractivity contribution in [3.63, 3.8) is 0 Å². The number of halogens is 1. The molecule has 4 aliphatic rings. The van der Waals surface area contributed by atoms with Gasteiger partial charge < -0.3 is 28.4 Å². The van der Waals surface area contributed by atoms with Gasteiger partial charge >= 0.3 is 5.97 Å². The Balaban J connectivity index is 1.32. The minimum atomic E-state index is -0.285. The lowest BCUT2D eigenvalue weighted by atomic mass is 9.89. The van der Waals surface area contributed by atoms with E-state index in [4.69, 9.17) is 40.0 Å². The largest absolute Gasteiger partial charge is 0.493 e. The van der Waals surface area contributed by atoms with E-state index in [0.29, 0.717) is 37.5 Å². The van der Waals surface area contributed by atoms with Crippen LogP contribution in [-0.4, -0.2) is 50.6 Å².